The Balaban J connectivity index is 3.27. The molecule has 0 aliphatic carbocycles. The second-order valence-corrected chi connectivity index (χ2v) is 3.43. The predicted molar refractivity (Wildman–Crippen MR) is 66.4 cm³/mol. The van der Waals surface area contributed by atoms with Crippen LogP contribution in [-0.2, 0) is 0 Å². The second kappa shape index (κ2) is 12.7. The van der Waals surface area contributed by atoms with E-state index in [4.69, 9.17) is 5.26 Å². The van der Waals surface area contributed by atoms with E-state index in [1.165, 1.54) is 25.3 Å². The molecule has 0 rings (SSSR count). The molecule has 0 aromatic carbocycles. The van der Waals surface area contributed by atoms with Crippen molar-refractivity contribution in [3.63, 3.8) is 0 Å². The Morgan fingerprint density at radius 2 is 1.60 bits per heavy atom. The molecule has 1 nitrogen and oxygen atoms in total. The summed E-state index contributed by atoms with van der Waals surface area (Å²) in [6.07, 6.45) is 19.1. The molecule has 15 heavy (non-hydrogen) atoms. The van der Waals surface area contributed by atoms with E-state index in [0.717, 1.165) is 19.3 Å². The summed E-state index contributed by atoms with van der Waals surface area (Å²) in [6.45, 7) is 2.21. The lowest BCUT2D eigenvalue weighted by atomic mass is 10.2. The average molecular weight is 203 g/mol. The lowest BCUT2D eigenvalue weighted by Crippen LogP contribution is -1.68. The van der Waals surface area contributed by atoms with E-state index in [9.17, 15) is 0 Å². The Morgan fingerprint density at radius 1 is 0.933 bits per heavy atom. The van der Waals surface area contributed by atoms with Crippen molar-refractivity contribution >= 4 is 0 Å². The Bertz CT molecular complexity index is 241. The van der Waals surface area contributed by atoms with Gasteiger partial charge in [-0.25, -0.2) is 0 Å². The van der Waals surface area contributed by atoms with Crippen molar-refractivity contribution in [3.05, 3.63) is 36.5 Å². The molecule has 0 N–H and O–H groups in total. The third-order valence-corrected chi connectivity index (χ3v) is 2.02. The molecule has 0 aromatic heterocycles. The van der Waals surface area contributed by atoms with Crippen LogP contribution in [0, 0.1) is 11.3 Å². The van der Waals surface area contributed by atoms with Gasteiger partial charge in [-0.05, 0) is 25.7 Å². The van der Waals surface area contributed by atoms with Crippen LogP contribution in [0.5, 0.6) is 0 Å². The fraction of sp³-hybridized carbons (Fsp3) is 0.500. The Kier molecular flexibility index (Phi) is 11.6. The number of nitrogens with zero attached hydrogens (tertiary/aromatic N) is 1. The number of rotatable bonds is 8. The van der Waals surface area contributed by atoms with E-state index in [1.54, 1.807) is 0 Å². The highest BCUT2D eigenvalue weighted by atomic mass is 14.2. The molecule has 0 aliphatic heterocycles. The van der Waals surface area contributed by atoms with Gasteiger partial charge in [-0.15, -0.1) is 0 Å². The van der Waals surface area contributed by atoms with Crippen LogP contribution in [0.25, 0.3) is 0 Å². The fourth-order valence-electron chi connectivity index (χ4n) is 1.16. The van der Waals surface area contributed by atoms with Gasteiger partial charge in [0.25, 0.3) is 0 Å². The van der Waals surface area contributed by atoms with Crippen molar-refractivity contribution in [3.8, 4) is 6.07 Å². The van der Waals surface area contributed by atoms with Crippen LogP contribution < -0.4 is 0 Å². The summed E-state index contributed by atoms with van der Waals surface area (Å²) in [6, 6.07) is 1.97. The van der Waals surface area contributed by atoms with Crippen molar-refractivity contribution < 1.29 is 0 Å². The maximum absolute atomic E-state index is 8.24. The third-order valence-electron chi connectivity index (χ3n) is 2.02. The zero-order valence-electron chi connectivity index (χ0n) is 9.65. The SMILES string of the molecule is CCCC/C=C/CC/C=C/C/C=C/C#N. The van der Waals surface area contributed by atoms with Crippen LogP contribution in [0.3, 0.4) is 0 Å². The molecule has 0 saturated heterocycles. The van der Waals surface area contributed by atoms with E-state index < -0.39 is 0 Å². The minimum Gasteiger partial charge on any atom is -0.193 e. The van der Waals surface area contributed by atoms with Gasteiger partial charge in [0.1, 0.15) is 0 Å². The molecule has 0 saturated carbocycles. The first-order valence-corrected chi connectivity index (χ1v) is 5.76. The number of hydrogen-bond donors (Lipinski definition) is 0. The van der Waals surface area contributed by atoms with Gasteiger partial charge >= 0.3 is 0 Å². The number of nitriles is 1. The quantitative estimate of drug-likeness (QED) is 0.323. The number of allylic oxidation sites excluding steroid dienone is 6. The van der Waals surface area contributed by atoms with Gasteiger partial charge in [0.2, 0.25) is 0 Å². The van der Waals surface area contributed by atoms with Gasteiger partial charge < -0.3 is 0 Å². The van der Waals surface area contributed by atoms with Gasteiger partial charge in [0, 0.05) is 6.08 Å². The largest absolute Gasteiger partial charge is 0.193 e. The van der Waals surface area contributed by atoms with Crippen molar-refractivity contribution in [2.45, 2.75) is 45.4 Å². The third kappa shape index (κ3) is 12.7. The average Bonchev–Trinajstić information content (AvgIpc) is 2.26. The molecule has 0 radical (unpaired) electrons. The summed E-state index contributed by atoms with van der Waals surface area (Å²) in [5, 5.41) is 8.24. The van der Waals surface area contributed by atoms with E-state index >= 15 is 0 Å². The van der Waals surface area contributed by atoms with Gasteiger partial charge in [-0.2, -0.15) is 5.26 Å². The summed E-state index contributed by atoms with van der Waals surface area (Å²) in [4.78, 5) is 0. The van der Waals surface area contributed by atoms with E-state index in [0.29, 0.717) is 0 Å². The first-order valence-electron chi connectivity index (χ1n) is 5.76. The zero-order chi connectivity index (χ0) is 11.2. The summed E-state index contributed by atoms with van der Waals surface area (Å²) in [5.41, 5.74) is 0. The zero-order valence-corrected chi connectivity index (χ0v) is 9.65. The highest BCUT2D eigenvalue weighted by molar-refractivity contribution is 5.04. The number of unbranched alkanes of at least 4 members (excludes halogenated alkanes) is 3. The van der Waals surface area contributed by atoms with Crippen LogP contribution in [0.15, 0.2) is 36.5 Å². The molecule has 0 unspecified atom stereocenters. The maximum atomic E-state index is 8.24. The van der Waals surface area contributed by atoms with Crippen LogP contribution in [0.1, 0.15) is 45.4 Å². The van der Waals surface area contributed by atoms with Crippen LogP contribution in [0.4, 0.5) is 0 Å². The Labute approximate surface area is 93.8 Å². The minimum absolute atomic E-state index is 0.868. The van der Waals surface area contributed by atoms with Crippen molar-refractivity contribution in [2.75, 3.05) is 0 Å². The van der Waals surface area contributed by atoms with Crippen LogP contribution >= 0.6 is 0 Å². The van der Waals surface area contributed by atoms with Crippen molar-refractivity contribution in [2.24, 2.45) is 0 Å². The van der Waals surface area contributed by atoms with E-state index in [-0.39, 0.29) is 0 Å². The van der Waals surface area contributed by atoms with Gasteiger partial charge in [0.15, 0.2) is 0 Å². The molecule has 0 heterocycles. The fourth-order valence-corrected chi connectivity index (χ4v) is 1.16. The van der Waals surface area contributed by atoms with Crippen LogP contribution in [-0.4, -0.2) is 0 Å². The molecule has 0 atom stereocenters. The summed E-state index contributed by atoms with van der Waals surface area (Å²) < 4.78 is 0. The summed E-state index contributed by atoms with van der Waals surface area (Å²) in [7, 11) is 0. The second-order valence-electron chi connectivity index (χ2n) is 3.43. The van der Waals surface area contributed by atoms with E-state index in [1.807, 2.05) is 12.1 Å². The molecular weight excluding hydrogens is 182 g/mol. The van der Waals surface area contributed by atoms with Gasteiger partial charge in [0.05, 0.1) is 6.07 Å². The summed E-state index contributed by atoms with van der Waals surface area (Å²) >= 11 is 0. The number of hydrogen-bond acceptors (Lipinski definition) is 1. The highest BCUT2D eigenvalue weighted by Crippen LogP contribution is 1.99. The standard InChI is InChI=1S/C14H21N/c1-2-3-4-5-6-7-8-9-10-11-12-13-14-15/h5-6,9-10,12-13H,2-4,7-8,11H2,1H3/b6-5+,10-9+,13-12+. The van der Waals surface area contributed by atoms with Crippen molar-refractivity contribution in [1.29, 1.82) is 5.26 Å². The Morgan fingerprint density at radius 3 is 2.27 bits per heavy atom. The smallest absolute Gasteiger partial charge is 0.0908 e. The minimum atomic E-state index is 0.868. The molecule has 0 fully saturated rings. The predicted octanol–water partition coefficient (Wildman–Crippen LogP) is 4.54. The van der Waals surface area contributed by atoms with Crippen molar-refractivity contribution in [1.82, 2.24) is 0 Å². The molecule has 0 aromatic rings. The molecule has 82 valence electrons. The highest BCUT2D eigenvalue weighted by Gasteiger charge is 1.79. The monoisotopic (exact) mass is 203 g/mol. The lowest BCUT2D eigenvalue weighted by molar-refractivity contribution is 0.811. The first-order chi connectivity index (χ1) is 7.41. The Hall–Kier alpha value is -1.29. The van der Waals surface area contributed by atoms with Gasteiger partial charge in [-0.1, -0.05) is 50.1 Å². The van der Waals surface area contributed by atoms with E-state index in [2.05, 4.69) is 31.2 Å². The molecular formula is C14H21N. The molecule has 0 bridgehead atoms. The lowest BCUT2D eigenvalue weighted by Gasteiger charge is -1.89. The summed E-state index contributed by atoms with van der Waals surface area (Å²) in [5.74, 6) is 0. The van der Waals surface area contributed by atoms with Crippen LogP contribution in [0.2, 0.25) is 0 Å². The van der Waals surface area contributed by atoms with Gasteiger partial charge in [-0.3, -0.25) is 0 Å². The molecule has 0 amide bonds. The first kappa shape index (κ1) is 13.7. The molecule has 1 heteroatoms. The topological polar surface area (TPSA) is 23.8 Å². The maximum Gasteiger partial charge on any atom is 0.0908 e. The molecule has 0 spiro atoms. The normalized spacial score (nSPS) is 11.7. The molecule has 0 aliphatic rings.